The summed E-state index contributed by atoms with van der Waals surface area (Å²) in [6.45, 7) is 7.16. The average Bonchev–Trinajstić information content (AvgIpc) is 3.42. The van der Waals surface area contributed by atoms with Crippen molar-refractivity contribution in [3.8, 4) is 5.75 Å². The highest BCUT2D eigenvalue weighted by atomic mass is 16.5. The van der Waals surface area contributed by atoms with Crippen LogP contribution in [0.3, 0.4) is 0 Å². The summed E-state index contributed by atoms with van der Waals surface area (Å²) >= 11 is 0. The topological polar surface area (TPSA) is 47.4 Å². The Balaban J connectivity index is 1.26. The van der Waals surface area contributed by atoms with Crippen LogP contribution in [0.2, 0.25) is 0 Å². The van der Waals surface area contributed by atoms with Crippen molar-refractivity contribution in [2.24, 2.45) is 0 Å². The second kappa shape index (κ2) is 10.3. The predicted octanol–water partition coefficient (Wildman–Crippen LogP) is 6.03. The SMILES string of the molecule is Cc1cccc(OCCCCn2c(C3CC(=O)N(Cc4ccccc4)C3)nc3ccccc32)c1C. The van der Waals surface area contributed by atoms with Crippen molar-refractivity contribution in [3.63, 3.8) is 0 Å². The number of aryl methyl sites for hydroxylation is 2. The number of para-hydroxylation sites is 2. The number of likely N-dealkylation sites (tertiary alicyclic amines) is 1. The third kappa shape index (κ3) is 5.09. The van der Waals surface area contributed by atoms with E-state index in [0.717, 1.165) is 42.0 Å². The third-order valence-corrected chi connectivity index (χ3v) is 7.07. The van der Waals surface area contributed by atoms with Crippen molar-refractivity contribution in [2.45, 2.75) is 52.1 Å². The maximum absolute atomic E-state index is 12.8. The molecule has 35 heavy (non-hydrogen) atoms. The van der Waals surface area contributed by atoms with Gasteiger partial charge in [0.05, 0.1) is 17.6 Å². The monoisotopic (exact) mass is 467 g/mol. The largest absolute Gasteiger partial charge is 0.493 e. The minimum atomic E-state index is 0.116. The lowest BCUT2D eigenvalue weighted by atomic mass is 10.1. The maximum atomic E-state index is 12.8. The fraction of sp³-hybridized carbons (Fsp3) is 0.333. The molecule has 5 heteroatoms. The Morgan fingerprint density at radius 2 is 1.74 bits per heavy atom. The van der Waals surface area contributed by atoms with Crippen LogP contribution >= 0.6 is 0 Å². The van der Waals surface area contributed by atoms with Crippen LogP contribution < -0.4 is 4.74 Å². The highest BCUT2D eigenvalue weighted by Crippen LogP contribution is 2.31. The molecule has 1 aliphatic heterocycles. The molecule has 0 saturated carbocycles. The van der Waals surface area contributed by atoms with Gasteiger partial charge in [-0.05, 0) is 61.6 Å². The molecule has 0 bridgehead atoms. The van der Waals surface area contributed by atoms with Gasteiger partial charge in [0.1, 0.15) is 11.6 Å². The average molecular weight is 468 g/mol. The molecule has 5 nitrogen and oxygen atoms in total. The number of carbonyl (C=O) groups excluding carboxylic acids is 1. The third-order valence-electron chi connectivity index (χ3n) is 7.07. The van der Waals surface area contributed by atoms with Crippen molar-refractivity contribution in [1.29, 1.82) is 0 Å². The molecule has 0 N–H and O–H groups in total. The zero-order valence-corrected chi connectivity index (χ0v) is 20.6. The molecule has 4 aromatic rings. The van der Waals surface area contributed by atoms with Gasteiger partial charge in [0, 0.05) is 32.0 Å². The fourth-order valence-corrected chi connectivity index (χ4v) is 4.98. The number of rotatable bonds is 9. The molecule has 1 atom stereocenters. The van der Waals surface area contributed by atoms with E-state index in [9.17, 15) is 4.79 Å². The van der Waals surface area contributed by atoms with E-state index in [0.29, 0.717) is 26.1 Å². The Morgan fingerprint density at radius 3 is 2.60 bits per heavy atom. The number of unbranched alkanes of at least 4 members (excludes halogenated alkanes) is 1. The molecule has 1 aromatic heterocycles. The van der Waals surface area contributed by atoms with E-state index < -0.39 is 0 Å². The van der Waals surface area contributed by atoms with Crippen LogP contribution in [0.25, 0.3) is 11.0 Å². The zero-order chi connectivity index (χ0) is 24.2. The Labute approximate surface area is 207 Å². The summed E-state index contributed by atoms with van der Waals surface area (Å²) in [6.07, 6.45) is 2.47. The van der Waals surface area contributed by atoms with Crippen molar-refractivity contribution < 1.29 is 9.53 Å². The van der Waals surface area contributed by atoms with Gasteiger partial charge in [0.25, 0.3) is 0 Å². The second-order valence-corrected chi connectivity index (χ2v) is 9.52. The molecule has 0 aliphatic carbocycles. The molecule has 1 aliphatic rings. The number of hydrogen-bond acceptors (Lipinski definition) is 3. The van der Waals surface area contributed by atoms with Crippen LogP contribution in [-0.2, 0) is 17.9 Å². The molecule has 1 amide bonds. The number of fused-ring (bicyclic) bond motifs is 1. The van der Waals surface area contributed by atoms with Crippen molar-refractivity contribution in [2.75, 3.05) is 13.2 Å². The summed E-state index contributed by atoms with van der Waals surface area (Å²) in [7, 11) is 0. The number of aromatic nitrogens is 2. The highest BCUT2D eigenvalue weighted by Gasteiger charge is 2.33. The molecule has 0 spiro atoms. The smallest absolute Gasteiger partial charge is 0.223 e. The first-order valence-corrected chi connectivity index (χ1v) is 12.6. The summed E-state index contributed by atoms with van der Waals surface area (Å²) in [4.78, 5) is 19.8. The molecule has 1 fully saturated rings. The number of carbonyl (C=O) groups is 1. The van der Waals surface area contributed by atoms with Crippen LogP contribution in [-0.4, -0.2) is 33.5 Å². The van der Waals surface area contributed by atoms with Crippen LogP contribution in [0.5, 0.6) is 5.75 Å². The van der Waals surface area contributed by atoms with E-state index in [2.05, 4.69) is 54.8 Å². The number of imidazole rings is 1. The summed E-state index contributed by atoms with van der Waals surface area (Å²) in [6, 6.07) is 24.7. The normalized spacial score (nSPS) is 15.8. The zero-order valence-electron chi connectivity index (χ0n) is 20.6. The van der Waals surface area contributed by atoms with Gasteiger partial charge >= 0.3 is 0 Å². The summed E-state index contributed by atoms with van der Waals surface area (Å²) < 4.78 is 8.39. The predicted molar refractivity (Wildman–Crippen MR) is 140 cm³/mol. The fourth-order valence-electron chi connectivity index (χ4n) is 4.98. The first kappa shape index (κ1) is 23.2. The molecule has 2 heterocycles. The van der Waals surface area contributed by atoms with E-state index >= 15 is 0 Å². The lowest BCUT2D eigenvalue weighted by Crippen LogP contribution is -2.24. The van der Waals surface area contributed by atoms with E-state index in [1.54, 1.807) is 0 Å². The van der Waals surface area contributed by atoms with Gasteiger partial charge in [-0.25, -0.2) is 4.98 Å². The van der Waals surface area contributed by atoms with E-state index in [1.165, 1.54) is 16.7 Å². The summed E-state index contributed by atoms with van der Waals surface area (Å²) in [5.41, 5.74) is 5.78. The van der Waals surface area contributed by atoms with Gasteiger partial charge in [-0.1, -0.05) is 54.6 Å². The first-order valence-electron chi connectivity index (χ1n) is 12.6. The minimum absolute atomic E-state index is 0.116. The van der Waals surface area contributed by atoms with Crippen LogP contribution in [0.4, 0.5) is 0 Å². The second-order valence-electron chi connectivity index (χ2n) is 9.52. The van der Waals surface area contributed by atoms with Crippen molar-refractivity contribution in [3.05, 3.63) is 95.3 Å². The van der Waals surface area contributed by atoms with E-state index in [4.69, 9.17) is 9.72 Å². The number of benzene rings is 3. The Kier molecular flexibility index (Phi) is 6.84. The van der Waals surface area contributed by atoms with Gasteiger partial charge in [-0.3, -0.25) is 4.79 Å². The van der Waals surface area contributed by atoms with Gasteiger partial charge in [0.15, 0.2) is 0 Å². The number of hydrogen-bond donors (Lipinski definition) is 0. The number of nitrogens with zero attached hydrogens (tertiary/aromatic N) is 3. The summed E-state index contributed by atoms with van der Waals surface area (Å²) in [5, 5.41) is 0. The standard InChI is InChI=1S/C30H33N3O2/c1-22-11-10-16-28(23(22)2)35-18-9-8-17-33-27-15-7-6-14-26(27)31-30(33)25-19-29(34)32(21-25)20-24-12-4-3-5-13-24/h3-7,10-16,25H,8-9,17-21H2,1-2H3. The highest BCUT2D eigenvalue weighted by molar-refractivity contribution is 5.81. The molecule has 0 radical (unpaired) electrons. The Morgan fingerprint density at radius 1 is 0.943 bits per heavy atom. The lowest BCUT2D eigenvalue weighted by molar-refractivity contribution is -0.128. The molecule has 5 rings (SSSR count). The van der Waals surface area contributed by atoms with Gasteiger partial charge in [0.2, 0.25) is 5.91 Å². The minimum Gasteiger partial charge on any atom is -0.493 e. The van der Waals surface area contributed by atoms with Crippen LogP contribution in [0.15, 0.2) is 72.8 Å². The van der Waals surface area contributed by atoms with Gasteiger partial charge < -0.3 is 14.2 Å². The van der Waals surface area contributed by atoms with Crippen LogP contribution in [0, 0.1) is 13.8 Å². The molecular weight excluding hydrogens is 434 g/mol. The quantitative estimate of drug-likeness (QED) is 0.283. The van der Waals surface area contributed by atoms with Gasteiger partial charge in [-0.15, -0.1) is 0 Å². The molecular formula is C30H33N3O2. The van der Waals surface area contributed by atoms with Crippen molar-refractivity contribution in [1.82, 2.24) is 14.5 Å². The molecule has 180 valence electrons. The van der Waals surface area contributed by atoms with Crippen molar-refractivity contribution >= 4 is 16.9 Å². The Hall–Kier alpha value is -3.60. The maximum Gasteiger partial charge on any atom is 0.223 e. The Bertz CT molecular complexity index is 1310. The molecule has 1 saturated heterocycles. The van der Waals surface area contributed by atoms with E-state index in [1.807, 2.05) is 41.3 Å². The van der Waals surface area contributed by atoms with E-state index in [-0.39, 0.29) is 11.8 Å². The first-order chi connectivity index (χ1) is 17.1. The number of ether oxygens (including phenoxy) is 1. The molecule has 3 aromatic carbocycles. The van der Waals surface area contributed by atoms with Crippen LogP contribution in [0.1, 0.15) is 47.7 Å². The van der Waals surface area contributed by atoms with Gasteiger partial charge in [-0.2, -0.15) is 0 Å². The molecule has 1 unspecified atom stereocenters. The summed E-state index contributed by atoms with van der Waals surface area (Å²) in [5.74, 6) is 2.33. The lowest BCUT2D eigenvalue weighted by Gasteiger charge is -2.17. The number of amides is 1.